The third-order valence-electron chi connectivity index (χ3n) is 11.5. The minimum Gasteiger partial charge on any atom is -0.444 e. The van der Waals surface area contributed by atoms with E-state index in [-0.39, 0.29) is 41.8 Å². The van der Waals surface area contributed by atoms with Crippen molar-refractivity contribution < 1.29 is 29.0 Å². The van der Waals surface area contributed by atoms with Gasteiger partial charge in [-0.15, -0.1) is 5.11 Å². The first-order valence-electron chi connectivity index (χ1n) is 20.5. The van der Waals surface area contributed by atoms with Crippen molar-refractivity contribution in [1.82, 2.24) is 5.32 Å². The zero-order valence-electron chi connectivity index (χ0n) is 33.8. The number of nitrogens with zero attached hydrogens (tertiary/aromatic N) is 3. The lowest BCUT2D eigenvalue weighted by Crippen LogP contribution is -2.37. The first-order chi connectivity index (χ1) is 27.3. The lowest BCUT2D eigenvalue weighted by Gasteiger charge is -2.29. The Morgan fingerprint density at radius 3 is 2.14 bits per heavy atom. The van der Waals surface area contributed by atoms with E-state index in [2.05, 4.69) is 25.9 Å². The van der Waals surface area contributed by atoms with Gasteiger partial charge < -0.3 is 20.5 Å². The van der Waals surface area contributed by atoms with Gasteiger partial charge in [-0.3, -0.25) is 14.4 Å². The number of nitrogens with one attached hydrogen (secondary N) is 2. The molecule has 0 radical (unpaired) electrons. The summed E-state index contributed by atoms with van der Waals surface area (Å²) in [5, 5.41) is 23.7. The maximum Gasteiger partial charge on any atom is 0.407 e. The fourth-order valence-corrected chi connectivity index (χ4v) is 8.22. The maximum atomic E-state index is 13.9. The van der Waals surface area contributed by atoms with Crippen LogP contribution in [0, 0.1) is 30.6 Å². The average molecular weight is 776 g/mol. The number of Topliss-reactive ketones (excluding diaryl/α,β-unsaturated/α-hetero) is 2. The lowest BCUT2D eigenvalue weighted by atomic mass is 9.77. The third-order valence-corrected chi connectivity index (χ3v) is 11.5. The number of anilines is 1. The zero-order chi connectivity index (χ0) is 40.5. The van der Waals surface area contributed by atoms with Crippen LogP contribution in [0.15, 0.2) is 82.0 Å². The first kappa shape index (κ1) is 41.6. The minimum absolute atomic E-state index is 0.0941. The van der Waals surface area contributed by atoms with Crippen molar-refractivity contribution in [2.24, 2.45) is 38.9 Å². The van der Waals surface area contributed by atoms with E-state index in [4.69, 9.17) is 4.74 Å². The van der Waals surface area contributed by atoms with Crippen molar-refractivity contribution in [2.75, 3.05) is 18.5 Å². The zero-order valence-corrected chi connectivity index (χ0v) is 33.8. The van der Waals surface area contributed by atoms with Crippen molar-refractivity contribution in [3.8, 4) is 11.1 Å². The predicted molar refractivity (Wildman–Crippen MR) is 221 cm³/mol. The SMILES string of the molecule is Cc1cc(C(=O)CC2CCC(O)CC2)ccc1-c1ccc(C[C@H](CC(=O)C2CCC(CNC(=O)OC(C)(C)C)CC2)C(=O)Nc2ccc(C3=NCN=N3)cc2)cc1. The fraction of sp³-hybridized carbons (Fsp3) is 0.500. The van der Waals surface area contributed by atoms with Gasteiger partial charge in [-0.25, -0.2) is 9.79 Å². The van der Waals surface area contributed by atoms with Gasteiger partial charge >= 0.3 is 6.09 Å². The quantitative estimate of drug-likeness (QED) is 0.139. The highest BCUT2D eigenvalue weighted by molar-refractivity contribution is 6.01. The summed E-state index contributed by atoms with van der Waals surface area (Å²) in [5.41, 5.74) is 5.61. The van der Waals surface area contributed by atoms with E-state index >= 15 is 0 Å². The number of azo groups is 1. The lowest BCUT2D eigenvalue weighted by molar-refractivity contribution is -0.129. The van der Waals surface area contributed by atoms with Crippen LogP contribution in [-0.2, 0) is 20.7 Å². The molecule has 3 aliphatic rings. The molecule has 0 aromatic heterocycles. The van der Waals surface area contributed by atoms with Crippen LogP contribution in [-0.4, -0.2) is 59.4 Å². The Morgan fingerprint density at radius 2 is 1.51 bits per heavy atom. The second kappa shape index (κ2) is 18.9. The van der Waals surface area contributed by atoms with E-state index in [0.717, 1.165) is 84.7 Å². The van der Waals surface area contributed by atoms with E-state index in [1.54, 1.807) is 0 Å². The number of carbonyl (C=O) groups is 4. The monoisotopic (exact) mass is 775 g/mol. The van der Waals surface area contributed by atoms with Crippen LogP contribution in [0.25, 0.3) is 11.1 Å². The predicted octanol–water partition coefficient (Wildman–Crippen LogP) is 9.04. The number of aliphatic imine (C=N–C) groups is 1. The van der Waals surface area contributed by atoms with E-state index < -0.39 is 17.6 Å². The Bertz CT molecular complexity index is 1950. The molecule has 1 atom stereocenters. The second-order valence-electron chi connectivity index (χ2n) is 17.1. The molecule has 11 heteroatoms. The summed E-state index contributed by atoms with van der Waals surface area (Å²) < 4.78 is 5.37. The van der Waals surface area contributed by atoms with Crippen LogP contribution in [0.2, 0.25) is 0 Å². The number of aliphatic hydroxyl groups is 1. The number of amides is 2. The highest BCUT2D eigenvalue weighted by atomic mass is 16.6. The van der Waals surface area contributed by atoms with Gasteiger partial charge in [0, 0.05) is 48.0 Å². The van der Waals surface area contributed by atoms with Crippen molar-refractivity contribution in [2.45, 2.75) is 110 Å². The van der Waals surface area contributed by atoms with Gasteiger partial charge in [0.2, 0.25) is 5.91 Å². The molecule has 11 nitrogen and oxygen atoms in total. The Hall–Kier alpha value is -5.03. The highest BCUT2D eigenvalue weighted by Gasteiger charge is 2.31. The molecule has 57 heavy (non-hydrogen) atoms. The summed E-state index contributed by atoms with van der Waals surface area (Å²) in [6, 6.07) is 21.3. The molecule has 1 aliphatic heterocycles. The summed E-state index contributed by atoms with van der Waals surface area (Å²) in [6.07, 6.45) is 6.79. The maximum absolute atomic E-state index is 13.9. The average Bonchev–Trinajstić information content (AvgIpc) is 3.73. The topological polar surface area (TPSA) is 159 Å². The number of aryl methyl sites for hydroxylation is 1. The molecule has 2 fully saturated rings. The molecule has 3 N–H and O–H groups in total. The smallest absolute Gasteiger partial charge is 0.407 e. The highest BCUT2D eigenvalue weighted by Crippen LogP contribution is 2.33. The van der Waals surface area contributed by atoms with Gasteiger partial charge in [-0.1, -0.05) is 36.4 Å². The molecule has 0 unspecified atom stereocenters. The van der Waals surface area contributed by atoms with E-state index in [9.17, 15) is 24.3 Å². The van der Waals surface area contributed by atoms with Crippen LogP contribution in [0.1, 0.15) is 112 Å². The van der Waals surface area contributed by atoms with Crippen LogP contribution in [0.4, 0.5) is 10.5 Å². The van der Waals surface area contributed by atoms with Crippen LogP contribution in [0.3, 0.4) is 0 Å². The molecule has 2 saturated carbocycles. The van der Waals surface area contributed by atoms with Gasteiger partial charge in [0.05, 0.1) is 6.10 Å². The van der Waals surface area contributed by atoms with Gasteiger partial charge in [-0.05, 0) is 150 Å². The van der Waals surface area contributed by atoms with Gasteiger partial charge in [0.1, 0.15) is 11.4 Å². The van der Waals surface area contributed by atoms with Gasteiger partial charge in [-0.2, -0.15) is 5.11 Å². The van der Waals surface area contributed by atoms with Crippen molar-refractivity contribution in [1.29, 1.82) is 0 Å². The van der Waals surface area contributed by atoms with Gasteiger partial charge in [0.15, 0.2) is 18.3 Å². The van der Waals surface area contributed by atoms with E-state index in [1.165, 1.54) is 0 Å². The van der Waals surface area contributed by atoms with E-state index in [0.29, 0.717) is 43.5 Å². The molecule has 0 spiro atoms. The molecule has 302 valence electrons. The standard InChI is InChI=1S/C46H57N5O6/c1-29-23-36(41(53)25-31-9-20-39(52)21-10-31)17-22-40(29)33-11-5-30(6-12-33)24-37(44(55)50-38-18-15-35(16-19-38)43-48-28-49-51-43)26-42(54)34-13-7-32(8-14-34)27-47-45(56)57-46(2,3)4/h5-6,11-12,15-19,22-23,31-32,34,37,39,52H,7-10,13-14,20-21,24-28H2,1-4H3,(H,47,56)(H,50,55)/t31?,32?,34?,37-,39?/m1/s1. The number of benzene rings is 3. The molecule has 6 rings (SSSR count). The summed E-state index contributed by atoms with van der Waals surface area (Å²) in [4.78, 5) is 57.3. The molecular formula is C46H57N5O6. The molecule has 3 aromatic carbocycles. The number of rotatable bonds is 14. The van der Waals surface area contributed by atoms with Crippen molar-refractivity contribution in [3.63, 3.8) is 0 Å². The Morgan fingerprint density at radius 1 is 0.842 bits per heavy atom. The van der Waals surface area contributed by atoms with Gasteiger partial charge in [0.25, 0.3) is 0 Å². The molecule has 2 amide bonds. The Balaban J connectivity index is 1.09. The minimum atomic E-state index is -0.581. The second-order valence-corrected chi connectivity index (χ2v) is 17.1. The number of hydrogen-bond donors (Lipinski definition) is 3. The van der Waals surface area contributed by atoms with E-state index in [1.807, 2.05) is 94.4 Å². The van der Waals surface area contributed by atoms with Crippen LogP contribution < -0.4 is 10.6 Å². The number of carbonyl (C=O) groups excluding carboxylic acids is 4. The number of ketones is 2. The molecule has 3 aromatic rings. The summed E-state index contributed by atoms with van der Waals surface area (Å²) in [7, 11) is 0. The Labute approximate surface area is 336 Å². The first-order valence-corrected chi connectivity index (χ1v) is 20.5. The number of aliphatic hydroxyl groups excluding tert-OH is 1. The molecule has 0 bridgehead atoms. The molecule has 2 aliphatic carbocycles. The summed E-state index contributed by atoms with van der Waals surface area (Å²) in [5.74, 6) is 0.481. The number of hydrogen-bond acceptors (Lipinski definition) is 9. The fourth-order valence-electron chi connectivity index (χ4n) is 8.22. The van der Waals surface area contributed by atoms with Crippen LogP contribution in [0.5, 0.6) is 0 Å². The van der Waals surface area contributed by atoms with Crippen LogP contribution >= 0.6 is 0 Å². The molecule has 0 saturated heterocycles. The summed E-state index contributed by atoms with van der Waals surface area (Å²) >= 11 is 0. The number of ether oxygens (including phenoxy) is 1. The Kier molecular flexibility index (Phi) is 13.8. The summed E-state index contributed by atoms with van der Waals surface area (Å²) in [6.45, 7) is 8.35. The normalized spacial score (nSPS) is 21.3. The number of amidine groups is 1. The van der Waals surface area contributed by atoms with Crippen molar-refractivity contribution >= 4 is 35.1 Å². The largest absolute Gasteiger partial charge is 0.444 e. The molecule has 1 heterocycles. The third kappa shape index (κ3) is 12.0. The molecular weight excluding hydrogens is 719 g/mol. The number of alkyl carbamates (subject to hydrolysis) is 1. The van der Waals surface area contributed by atoms with Crippen molar-refractivity contribution in [3.05, 3.63) is 89.0 Å².